The third-order valence-electron chi connectivity index (χ3n) is 3.46. The lowest BCUT2D eigenvalue weighted by molar-refractivity contribution is 0.0928. The van der Waals surface area contributed by atoms with Crippen LogP contribution < -0.4 is 10.1 Å². The predicted octanol–water partition coefficient (Wildman–Crippen LogP) is 3.37. The standard InChI is InChI=1S/C16H18F2N2O3/c1-4-9(2)19-16(21)15-12(10(3)23-20-15)8-22-14-6-5-11(17)7-13(14)18/h5-7,9H,4,8H2,1-3H3,(H,19,21). The van der Waals surface area contributed by atoms with E-state index in [1.165, 1.54) is 6.07 Å². The van der Waals surface area contributed by atoms with Gasteiger partial charge in [0.15, 0.2) is 17.3 Å². The Morgan fingerprint density at radius 2 is 2.17 bits per heavy atom. The van der Waals surface area contributed by atoms with Crippen LogP contribution in [-0.2, 0) is 6.61 Å². The normalized spacial score (nSPS) is 12.0. The summed E-state index contributed by atoms with van der Waals surface area (Å²) < 4.78 is 36.8. The molecule has 1 N–H and O–H groups in total. The zero-order valence-corrected chi connectivity index (χ0v) is 13.2. The Labute approximate surface area is 132 Å². The molecule has 1 aromatic heterocycles. The molecule has 1 unspecified atom stereocenters. The van der Waals surface area contributed by atoms with E-state index in [0.29, 0.717) is 11.3 Å². The van der Waals surface area contributed by atoms with Crippen molar-refractivity contribution in [3.8, 4) is 5.75 Å². The molecule has 0 bridgehead atoms. The first-order chi connectivity index (χ1) is 10.9. The fraction of sp³-hybridized carbons (Fsp3) is 0.375. The van der Waals surface area contributed by atoms with Gasteiger partial charge in [0.2, 0.25) is 0 Å². The minimum atomic E-state index is -0.815. The highest BCUT2D eigenvalue weighted by atomic mass is 19.1. The van der Waals surface area contributed by atoms with Crippen molar-refractivity contribution in [2.45, 2.75) is 39.8 Å². The Morgan fingerprint density at radius 1 is 1.43 bits per heavy atom. The van der Waals surface area contributed by atoms with Crippen LogP contribution in [0.1, 0.15) is 42.1 Å². The molecule has 0 aliphatic heterocycles. The lowest BCUT2D eigenvalue weighted by Gasteiger charge is -2.11. The zero-order valence-electron chi connectivity index (χ0n) is 13.2. The minimum Gasteiger partial charge on any atom is -0.486 e. The zero-order chi connectivity index (χ0) is 17.0. The molecule has 0 aliphatic rings. The van der Waals surface area contributed by atoms with Gasteiger partial charge in [-0.3, -0.25) is 4.79 Å². The molecule has 0 aliphatic carbocycles. The highest BCUT2D eigenvalue weighted by molar-refractivity contribution is 5.93. The maximum atomic E-state index is 13.6. The largest absolute Gasteiger partial charge is 0.486 e. The number of carbonyl (C=O) groups is 1. The molecular weight excluding hydrogens is 306 g/mol. The molecule has 5 nitrogen and oxygen atoms in total. The van der Waals surface area contributed by atoms with Gasteiger partial charge in [-0.15, -0.1) is 0 Å². The molecule has 124 valence electrons. The van der Waals surface area contributed by atoms with Crippen molar-refractivity contribution in [2.24, 2.45) is 0 Å². The number of nitrogens with one attached hydrogen (secondary N) is 1. The van der Waals surface area contributed by atoms with E-state index >= 15 is 0 Å². The molecule has 7 heteroatoms. The van der Waals surface area contributed by atoms with Gasteiger partial charge in [0.25, 0.3) is 5.91 Å². The Balaban J connectivity index is 2.14. The molecule has 0 saturated heterocycles. The second-order valence-electron chi connectivity index (χ2n) is 5.21. The monoisotopic (exact) mass is 324 g/mol. The maximum Gasteiger partial charge on any atom is 0.274 e. The van der Waals surface area contributed by atoms with Crippen LogP contribution in [0.3, 0.4) is 0 Å². The first-order valence-electron chi connectivity index (χ1n) is 7.26. The topological polar surface area (TPSA) is 64.4 Å². The quantitative estimate of drug-likeness (QED) is 0.885. The molecule has 0 fully saturated rings. The Hall–Kier alpha value is -2.44. The van der Waals surface area contributed by atoms with Gasteiger partial charge >= 0.3 is 0 Å². The number of rotatable bonds is 6. The van der Waals surface area contributed by atoms with Gasteiger partial charge in [0.1, 0.15) is 18.2 Å². The van der Waals surface area contributed by atoms with Crippen molar-refractivity contribution in [3.05, 3.63) is 46.9 Å². The molecular formula is C16H18F2N2O3. The van der Waals surface area contributed by atoms with Crippen molar-refractivity contribution in [3.63, 3.8) is 0 Å². The van der Waals surface area contributed by atoms with Crippen LogP contribution in [-0.4, -0.2) is 17.1 Å². The first kappa shape index (κ1) is 16.9. The van der Waals surface area contributed by atoms with Crippen molar-refractivity contribution in [2.75, 3.05) is 0 Å². The van der Waals surface area contributed by atoms with Gasteiger partial charge in [-0.25, -0.2) is 8.78 Å². The highest BCUT2D eigenvalue weighted by Crippen LogP contribution is 2.21. The fourth-order valence-corrected chi connectivity index (χ4v) is 1.88. The molecule has 1 aromatic carbocycles. The van der Waals surface area contributed by atoms with Crippen molar-refractivity contribution in [1.29, 1.82) is 0 Å². The number of ether oxygens (including phenoxy) is 1. The van der Waals surface area contributed by atoms with E-state index in [2.05, 4.69) is 10.5 Å². The summed E-state index contributed by atoms with van der Waals surface area (Å²) in [6.07, 6.45) is 0.773. The summed E-state index contributed by atoms with van der Waals surface area (Å²) in [5.74, 6) is -1.59. The molecule has 1 atom stereocenters. The molecule has 2 aromatic rings. The number of hydrogen-bond donors (Lipinski definition) is 1. The van der Waals surface area contributed by atoms with E-state index in [1.807, 2.05) is 13.8 Å². The number of aromatic nitrogens is 1. The van der Waals surface area contributed by atoms with Gasteiger partial charge in [-0.1, -0.05) is 12.1 Å². The summed E-state index contributed by atoms with van der Waals surface area (Å²) in [7, 11) is 0. The number of benzene rings is 1. The molecule has 1 heterocycles. The van der Waals surface area contributed by atoms with Crippen LogP contribution in [0, 0.1) is 18.6 Å². The van der Waals surface area contributed by atoms with E-state index < -0.39 is 11.6 Å². The Bertz CT molecular complexity index is 701. The molecule has 0 spiro atoms. The van der Waals surface area contributed by atoms with Gasteiger partial charge < -0.3 is 14.6 Å². The summed E-state index contributed by atoms with van der Waals surface area (Å²) in [4.78, 5) is 12.2. The number of amides is 1. The van der Waals surface area contributed by atoms with Crippen LogP contribution in [0.5, 0.6) is 5.75 Å². The van der Waals surface area contributed by atoms with Crippen LogP contribution >= 0.6 is 0 Å². The Kier molecular flexibility index (Phi) is 5.31. The van der Waals surface area contributed by atoms with Crippen molar-refractivity contribution < 1.29 is 22.8 Å². The van der Waals surface area contributed by atoms with Crippen molar-refractivity contribution >= 4 is 5.91 Å². The first-order valence-corrected chi connectivity index (χ1v) is 7.26. The number of aryl methyl sites for hydroxylation is 1. The summed E-state index contributed by atoms with van der Waals surface area (Å²) >= 11 is 0. The minimum absolute atomic E-state index is 0.0113. The van der Waals surface area contributed by atoms with Gasteiger partial charge in [-0.2, -0.15) is 0 Å². The van der Waals surface area contributed by atoms with Crippen molar-refractivity contribution in [1.82, 2.24) is 10.5 Å². The Morgan fingerprint density at radius 3 is 2.83 bits per heavy atom. The summed E-state index contributed by atoms with van der Waals surface area (Å²) in [5.41, 5.74) is 0.528. The lowest BCUT2D eigenvalue weighted by Crippen LogP contribution is -2.32. The predicted molar refractivity (Wildman–Crippen MR) is 79.1 cm³/mol. The third kappa shape index (κ3) is 4.06. The molecule has 1 amide bonds. The van der Waals surface area contributed by atoms with E-state index in [1.54, 1.807) is 6.92 Å². The molecule has 0 saturated carbocycles. The molecule has 0 radical (unpaired) electrons. The van der Waals surface area contributed by atoms with E-state index in [-0.39, 0.29) is 30.0 Å². The second kappa shape index (κ2) is 7.21. The average molecular weight is 324 g/mol. The number of nitrogens with zero attached hydrogens (tertiary/aromatic N) is 1. The van der Waals surface area contributed by atoms with Crippen LogP contribution in [0.15, 0.2) is 22.7 Å². The molecule has 23 heavy (non-hydrogen) atoms. The second-order valence-corrected chi connectivity index (χ2v) is 5.21. The van der Waals surface area contributed by atoms with Crippen LogP contribution in [0.25, 0.3) is 0 Å². The average Bonchev–Trinajstić information content (AvgIpc) is 2.87. The number of carbonyl (C=O) groups excluding carboxylic acids is 1. The van der Waals surface area contributed by atoms with Gasteiger partial charge in [-0.05, 0) is 32.4 Å². The van der Waals surface area contributed by atoms with Crippen LogP contribution in [0.4, 0.5) is 8.78 Å². The van der Waals surface area contributed by atoms with E-state index in [9.17, 15) is 13.6 Å². The maximum absolute atomic E-state index is 13.6. The van der Waals surface area contributed by atoms with Crippen LogP contribution in [0.2, 0.25) is 0 Å². The third-order valence-corrected chi connectivity index (χ3v) is 3.46. The molecule has 2 rings (SSSR count). The summed E-state index contributed by atoms with van der Waals surface area (Å²) in [5, 5.41) is 6.51. The highest BCUT2D eigenvalue weighted by Gasteiger charge is 2.21. The van der Waals surface area contributed by atoms with Gasteiger partial charge in [0.05, 0.1) is 5.56 Å². The number of hydrogen-bond acceptors (Lipinski definition) is 4. The van der Waals surface area contributed by atoms with E-state index in [0.717, 1.165) is 18.6 Å². The summed E-state index contributed by atoms with van der Waals surface area (Å²) in [6, 6.07) is 3.00. The van der Waals surface area contributed by atoms with Gasteiger partial charge in [0, 0.05) is 12.1 Å². The lowest BCUT2D eigenvalue weighted by atomic mass is 10.2. The smallest absolute Gasteiger partial charge is 0.274 e. The van der Waals surface area contributed by atoms with E-state index in [4.69, 9.17) is 9.26 Å². The SMILES string of the molecule is CCC(C)NC(=O)c1noc(C)c1COc1ccc(F)cc1F. The summed E-state index contributed by atoms with van der Waals surface area (Å²) in [6.45, 7) is 5.34. The number of halogens is 2. The fourth-order valence-electron chi connectivity index (χ4n) is 1.88.